The van der Waals surface area contributed by atoms with Gasteiger partial charge in [-0.1, -0.05) is 39.8 Å². The number of para-hydroxylation sites is 1. The van der Waals surface area contributed by atoms with Gasteiger partial charge in [0.25, 0.3) is 5.69 Å². The number of non-ortho nitro benzene ring substituents is 1. The molecule has 9 nitrogen and oxygen atoms in total. The number of likely N-dealkylation sites (tertiary alicyclic amines) is 1. The van der Waals surface area contributed by atoms with Crippen LogP contribution in [-0.4, -0.2) is 48.9 Å². The number of halogens is 1. The molecule has 1 amide bonds. The summed E-state index contributed by atoms with van der Waals surface area (Å²) in [6.45, 7) is 8.19. The van der Waals surface area contributed by atoms with E-state index in [1.165, 1.54) is 72.1 Å². The zero-order valence-electron chi connectivity index (χ0n) is 22.8. The smallest absolute Gasteiger partial charge is 0.269 e. The molecule has 0 bridgehead atoms. The van der Waals surface area contributed by atoms with Crippen molar-refractivity contribution in [1.29, 1.82) is 0 Å². The van der Waals surface area contributed by atoms with Gasteiger partial charge in [-0.25, -0.2) is 4.39 Å². The molecule has 1 aliphatic rings. The number of thioether (sulfide) groups is 1. The highest BCUT2D eigenvalue weighted by Crippen LogP contribution is 2.42. The normalized spacial score (nSPS) is 18.4. The van der Waals surface area contributed by atoms with Gasteiger partial charge < -0.3 is 14.6 Å². The fourth-order valence-electron chi connectivity index (χ4n) is 3.93. The third kappa shape index (κ3) is 6.86. The van der Waals surface area contributed by atoms with Crippen molar-refractivity contribution in [3.05, 3.63) is 81.5 Å². The third-order valence-corrected chi connectivity index (χ3v) is 7.53. The van der Waals surface area contributed by atoms with Crippen LogP contribution < -0.4 is 4.74 Å². The minimum atomic E-state index is -1.02. The molecule has 0 aliphatic carbocycles. The number of nitrogens with zero attached hydrogens (tertiary/aromatic N) is 2. The number of ether oxygens (including phenoxy) is 2. The molecule has 0 aromatic heterocycles. The summed E-state index contributed by atoms with van der Waals surface area (Å²) >= 11 is 6.97. The van der Waals surface area contributed by atoms with Gasteiger partial charge >= 0.3 is 0 Å². The van der Waals surface area contributed by atoms with Crippen molar-refractivity contribution >= 4 is 46.4 Å². The van der Waals surface area contributed by atoms with Crippen LogP contribution in [-0.2, 0) is 20.9 Å². The van der Waals surface area contributed by atoms with Gasteiger partial charge in [0.05, 0.1) is 22.3 Å². The van der Waals surface area contributed by atoms with E-state index < -0.39 is 45.2 Å². The Morgan fingerprint density at radius 3 is 2.38 bits per heavy atom. The van der Waals surface area contributed by atoms with E-state index in [-0.39, 0.29) is 34.6 Å². The largest absolute Gasteiger partial charge is 0.477 e. The van der Waals surface area contributed by atoms with Crippen molar-refractivity contribution in [1.82, 2.24) is 4.90 Å². The third-order valence-electron chi connectivity index (χ3n) is 6.04. The zero-order chi connectivity index (χ0) is 29.8. The molecule has 3 rings (SSSR count). The number of carbonyl (C=O) groups is 2. The summed E-state index contributed by atoms with van der Waals surface area (Å²) in [5.41, 5.74) is -0.724. The highest BCUT2D eigenvalue weighted by atomic mass is 32.2. The topological polar surface area (TPSA) is 119 Å². The summed E-state index contributed by atoms with van der Waals surface area (Å²) in [7, 11) is 0. The molecule has 0 saturated carbocycles. The lowest BCUT2D eigenvalue weighted by Gasteiger charge is -2.48. The Balaban J connectivity index is 2.13. The standard InChI is InChI=1S/C28H31FN2O7S2/c1-6-40-26-21(16(2)32)25(34)30(26)22(27(39)37-15-17-11-13-18(14-12-17)31(35)36)23(24(33)28(3,4)5)38-20-10-8-7-9-19(20)29/h7-14,16,21,26,32H,6,15H2,1-5H3/t16-,21+,26-/m1/s1. The SMILES string of the molecule is CCS[C@@H]1[C@@H]([C@@H](C)O)C(=O)N1C(C(=S)OCc1ccc([N+](=O)[O-])cc1)=C(Oc1ccccc1F)C(=O)C(C)(C)C. The number of thiocarbonyl (C=S) groups is 1. The number of nitro groups is 1. The molecule has 2 aromatic rings. The van der Waals surface area contributed by atoms with E-state index in [2.05, 4.69) is 0 Å². The number of β-lactam (4-membered cyclic amide) rings is 1. The van der Waals surface area contributed by atoms with Crippen molar-refractivity contribution in [3.63, 3.8) is 0 Å². The van der Waals surface area contributed by atoms with Crippen LogP contribution in [0.25, 0.3) is 0 Å². The Morgan fingerprint density at radius 2 is 1.85 bits per heavy atom. The molecule has 1 heterocycles. The van der Waals surface area contributed by atoms with E-state index >= 15 is 0 Å². The summed E-state index contributed by atoms with van der Waals surface area (Å²) in [5.74, 6) is -2.57. The maximum Gasteiger partial charge on any atom is 0.269 e. The first-order chi connectivity index (χ1) is 18.8. The van der Waals surface area contributed by atoms with Gasteiger partial charge in [0.15, 0.2) is 17.3 Å². The first-order valence-corrected chi connectivity index (χ1v) is 14.0. The number of Topliss-reactive ketones (excluding diaryl/α,β-unsaturated/α-hetero) is 1. The van der Waals surface area contributed by atoms with Crippen molar-refractivity contribution in [2.24, 2.45) is 11.3 Å². The zero-order valence-corrected chi connectivity index (χ0v) is 24.4. The van der Waals surface area contributed by atoms with Gasteiger partial charge in [-0.3, -0.25) is 24.6 Å². The van der Waals surface area contributed by atoms with Gasteiger partial charge in [0.1, 0.15) is 12.3 Å². The highest BCUT2D eigenvalue weighted by molar-refractivity contribution is 8.00. The maximum atomic E-state index is 14.7. The first-order valence-electron chi connectivity index (χ1n) is 12.5. The predicted molar refractivity (Wildman–Crippen MR) is 153 cm³/mol. The van der Waals surface area contributed by atoms with Crippen molar-refractivity contribution in [2.75, 3.05) is 5.75 Å². The minimum absolute atomic E-state index is 0.0990. The maximum absolute atomic E-state index is 14.7. The summed E-state index contributed by atoms with van der Waals surface area (Å²) in [6, 6.07) is 11.1. The lowest BCUT2D eigenvalue weighted by molar-refractivity contribution is -0.384. The molecule has 1 saturated heterocycles. The minimum Gasteiger partial charge on any atom is -0.477 e. The van der Waals surface area contributed by atoms with E-state index in [4.69, 9.17) is 21.7 Å². The number of aliphatic hydroxyl groups excluding tert-OH is 1. The van der Waals surface area contributed by atoms with Crippen LogP contribution in [0.4, 0.5) is 10.1 Å². The summed E-state index contributed by atoms with van der Waals surface area (Å²) in [6.07, 6.45) is -0.974. The number of nitro benzene ring substituents is 1. The summed E-state index contributed by atoms with van der Waals surface area (Å²) in [5, 5.41) is 20.4. The predicted octanol–water partition coefficient (Wildman–Crippen LogP) is 5.40. The van der Waals surface area contributed by atoms with Crippen molar-refractivity contribution < 1.29 is 33.5 Å². The van der Waals surface area contributed by atoms with E-state index in [0.717, 1.165) is 0 Å². The number of hydrogen-bond acceptors (Lipinski definition) is 9. The number of aliphatic hydroxyl groups is 1. The molecule has 12 heteroatoms. The second-order valence-corrected chi connectivity index (χ2v) is 11.9. The quantitative estimate of drug-likeness (QED) is 0.0916. The number of benzene rings is 2. The molecule has 1 N–H and O–H groups in total. The van der Waals surface area contributed by atoms with E-state index in [9.17, 15) is 29.2 Å². The van der Waals surface area contributed by atoms with Gasteiger partial charge in [-0.2, -0.15) is 0 Å². The van der Waals surface area contributed by atoms with Crippen LogP contribution >= 0.6 is 24.0 Å². The van der Waals surface area contributed by atoms with Crippen LogP contribution in [0.5, 0.6) is 5.75 Å². The second kappa shape index (κ2) is 12.9. The second-order valence-electron chi connectivity index (χ2n) is 10.1. The van der Waals surface area contributed by atoms with Gasteiger partial charge in [0.2, 0.25) is 16.7 Å². The van der Waals surface area contributed by atoms with E-state index in [1.807, 2.05) is 6.92 Å². The van der Waals surface area contributed by atoms with Gasteiger partial charge in [0, 0.05) is 17.5 Å². The molecule has 0 radical (unpaired) electrons. The van der Waals surface area contributed by atoms with Crippen LogP contribution in [0.2, 0.25) is 0 Å². The Bertz CT molecular complexity index is 1320. The average molecular weight is 591 g/mol. The fourth-order valence-corrected chi connectivity index (χ4v) is 5.43. The molecule has 214 valence electrons. The lowest BCUT2D eigenvalue weighted by atomic mass is 9.87. The molecular formula is C28H31FN2O7S2. The number of ketones is 1. The Kier molecular flexibility index (Phi) is 10.0. The number of amides is 1. The van der Waals surface area contributed by atoms with Crippen LogP contribution in [0.15, 0.2) is 60.0 Å². The molecule has 1 fully saturated rings. The fraction of sp³-hybridized carbons (Fsp3) is 0.393. The molecule has 3 atom stereocenters. The Labute approximate surface area is 241 Å². The van der Waals surface area contributed by atoms with Crippen LogP contribution in [0.1, 0.15) is 40.2 Å². The summed E-state index contributed by atoms with van der Waals surface area (Å²) in [4.78, 5) is 38.9. The van der Waals surface area contributed by atoms with Gasteiger partial charge in [-0.05, 0) is 54.7 Å². The van der Waals surface area contributed by atoms with Crippen LogP contribution in [0, 0.1) is 27.3 Å². The Hall–Kier alpha value is -3.35. The number of hydrogen-bond donors (Lipinski definition) is 1. The van der Waals surface area contributed by atoms with Gasteiger partial charge in [-0.15, -0.1) is 11.8 Å². The molecule has 0 unspecified atom stereocenters. The molecule has 1 aliphatic heterocycles. The van der Waals surface area contributed by atoms with Crippen molar-refractivity contribution in [3.8, 4) is 5.75 Å². The molecular weight excluding hydrogens is 559 g/mol. The summed E-state index contributed by atoms with van der Waals surface area (Å²) < 4.78 is 26.4. The lowest BCUT2D eigenvalue weighted by Crippen LogP contribution is -2.63. The Morgan fingerprint density at radius 1 is 1.23 bits per heavy atom. The average Bonchev–Trinajstić information content (AvgIpc) is 2.89. The highest BCUT2D eigenvalue weighted by Gasteiger charge is 2.54. The van der Waals surface area contributed by atoms with E-state index in [1.54, 1.807) is 20.8 Å². The van der Waals surface area contributed by atoms with Crippen molar-refractivity contribution in [2.45, 2.75) is 52.7 Å². The number of allylic oxidation sites excluding steroid dienone is 1. The monoisotopic (exact) mass is 590 g/mol. The van der Waals surface area contributed by atoms with E-state index in [0.29, 0.717) is 11.3 Å². The number of carbonyl (C=O) groups excluding carboxylic acids is 2. The first kappa shape index (κ1) is 31.2. The van der Waals surface area contributed by atoms with Crippen LogP contribution in [0.3, 0.4) is 0 Å². The molecule has 2 aromatic carbocycles. The number of rotatable bonds is 11. The molecule has 40 heavy (non-hydrogen) atoms. The molecule has 0 spiro atoms.